The van der Waals surface area contributed by atoms with E-state index in [1.54, 1.807) is 6.92 Å². The molecule has 2 atom stereocenters. The van der Waals surface area contributed by atoms with E-state index in [0.29, 0.717) is 0 Å². The number of aliphatic imine (C=N–C) groups is 1. The number of dihydropyridines is 1. The number of rotatable bonds is 2. The molecule has 0 saturated heterocycles. The molecular weight excluding hydrogens is 212 g/mol. The second-order valence-corrected chi connectivity index (χ2v) is 4.59. The molecule has 1 N–H and O–H groups in total. The van der Waals surface area contributed by atoms with Crippen LogP contribution in [0.15, 0.2) is 29.4 Å². The van der Waals surface area contributed by atoms with Crippen LogP contribution in [0.25, 0.3) is 0 Å². The maximum Gasteiger partial charge on any atom is 0.0797 e. The Hall–Kier alpha value is -1.48. The molecule has 1 aromatic heterocycles. The summed E-state index contributed by atoms with van der Waals surface area (Å²) in [6, 6.07) is 2.06. The first-order valence-electron chi connectivity index (χ1n) is 5.94. The third-order valence-electron chi connectivity index (χ3n) is 3.15. The van der Waals surface area contributed by atoms with Crippen LogP contribution in [0.3, 0.4) is 0 Å². The van der Waals surface area contributed by atoms with Gasteiger partial charge in [0.05, 0.1) is 17.9 Å². The van der Waals surface area contributed by atoms with Gasteiger partial charge < -0.3 is 5.11 Å². The van der Waals surface area contributed by atoms with Crippen LogP contribution in [0.4, 0.5) is 0 Å². The number of allylic oxidation sites excluding steroid dienone is 1. The molecule has 1 aliphatic heterocycles. The van der Waals surface area contributed by atoms with Gasteiger partial charge in [0.2, 0.25) is 0 Å². The number of aliphatic hydroxyl groups excluding tert-OH is 1. The monoisotopic (exact) mass is 230 g/mol. The maximum absolute atomic E-state index is 9.58. The van der Waals surface area contributed by atoms with Crippen LogP contribution >= 0.6 is 0 Å². The molecule has 0 saturated carbocycles. The minimum atomic E-state index is -0.408. The summed E-state index contributed by atoms with van der Waals surface area (Å²) in [5, 5.41) is 9.58. The predicted octanol–water partition coefficient (Wildman–Crippen LogP) is 2.20. The highest BCUT2D eigenvalue weighted by Gasteiger charge is 2.16. The molecule has 0 bridgehead atoms. The fourth-order valence-corrected chi connectivity index (χ4v) is 1.85. The summed E-state index contributed by atoms with van der Waals surface area (Å²) in [4.78, 5) is 8.91. The smallest absolute Gasteiger partial charge is 0.0797 e. The van der Waals surface area contributed by atoms with Gasteiger partial charge in [-0.25, -0.2) is 0 Å². The van der Waals surface area contributed by atoms with Crippen molar-refractivity contribution < 1.29 is 5.11 Å². The van der Waals surface area contributed by atoms with E-state index in [9.17, 15) is 5.11 Å². The van der Waals surface area contributed by atoms with E-state index in [2.05, 4.69) is 22.1 Å². The molecule has 3 nitrogen and oxygen atoms in total. The Kier molecular flexibility index (Phi) is 3.38. The lowest BCUT2D eigenvalue weighted by Gasteiger charge is -2.19. The van der Waals surface area contributed by atoms with Crippen molar-refractivity contribution in [2.45, 2.75) is 39.3 Å². The van der Waals surface area contributed by atoms with E-state index in [1.165, 1.54) is 0 Å². The van der Waals surface area contributed by atoms with Gasteiger partial charge in [0.25, 0.3) is 0 Å². The highest BCUT2D eigenvalue weighted by atomic mass is 16.3. The molecule has 2 unspecified atom stereocenters. The van der Waals surface area contributed by atoms with Crippen molar-refractivity contribution >= 4 is 5.71 Å². The number of hydrogen-bond acceptors (Lipinski definition) is 3. The van der Waals surface area contributed by atoms with Crippen molar-refractivity contribution in [1.29, 1.82) is 0 Å². The molecular formula is C14H18N2O. The number of aromatic nitrogens is 1. The van der Waals surface area contributed by atoms with Crippen LogP contribution in [0.5, 0.6) is 0 Å². The lowest BCUT2D eigenvalue weighted by Crippen LogP contribution is -2.24. The molecule has 0 spiro atoms. The van der Waals surface area contributed by atoms with E-state index in [-0.39, 0.29) is 6.04 Å². The number of hydrogen-bond donors (Lipinski definition) is 1. The third kappa shape index (κ3) is 2.61. The Morgan fingerprint density at radius 3 is 2.82 bits per heavy atom. The fourth-order valence-electron chi connectivity index (χ4n) is 1.85. The second kappa shape index (κ2) is 4.80. The van der Waals surface area contributed by atoms with Crippen LogP contribution in [-0.4, -0.2) is 27.9 Å². The lowest BCUT2D eigenvalue weighted by molar-refractivity contribution is 0.165. The SMILES string of the molecule is Cc1cc(C2=NC(C(C)O)CC=C2)cnc1C. The van der Waals surface area contributed by atoms with Crippen LogP contribution in [-0.2, 0) is 0 Å². The molecule has 17 heavy (non-hydrogen) atoms. The number of aryl methyl sites for hydroxylation is 2. The molecule has 0 radical (unpaired) electrons. The molecule has 2 heterocycles. The molecule has 0 aromatic carbocycles. The summed E-state index contributed by atoms with van der Waals surface area (Å²) in [5.41, 5.74) is 4.14. The average molecular weight is 230 g/mol. The van der Waals surface area contributed by atoms with E-state index in [4.69, 9.17) is 0 Å². The second-order valence-electron chi connectivity index (χ2n) is 4.59. The van der Waals surface area contributed by atoms with Crippen LogP contribution in [0.2, 0.25) is 0 Å². The Labute approximate surface area is 102 Å². The highest BCUT2D eigenvalue weighted by molar-refractivity contribution is 6.09. The van der Waals surface area contributed by atoms with Gasteiger partial charge in [0.15, 0.2) is 0 Å². The van der Waals surface area contributed by atoms with Gasteiger partial charge in [-0.1, -0.05) is 6.08 Å². The molecule has 1 aromatic rings. The molecule has 90 valence electrons. The molecule has 3 heteroatoms. The van der Waals surface area contributed by atoms with Crippen molar-refractivity contribution in [2.75, 3.05) is 0 Å². The van der Waals surface area contributed by atoms with Gasteiger partial charge in [-0.3, -0.25) is 9.98 Å². The molecule has 0 amide bonds. The first kappa shape index (κ1) is 12.0. The Morgan fingerprint density at radius 2 is 2.18 bits per heavy atom. The Morgan fingerprint density at radius 1 is 1.41 bits per heavy atom. The zero-order chi connectivity index (χ0) is 12.4. The average Bonchev–Trinajstić information content (AvgIpc) is 2.33. The summed E-state index contributed by atoms with van der Waals surface area (Å²) < 4.78 is 0. The van der Waals surface area contributed by atoms with Crippen molar-refractivity contribution in [1.82, 2.24) is 4.98 Å². The number of aliphatic hydroxyl groups is 1. The molecule has 1 aliphatic rings. The van der Waals surface area contributed by atoms with Crippen molar-refractivity contribution in [3.63, 3.8) is 0 Å². The summed E-state index contributed by atoms with van der Waals surface area (Å²) in [5.74, 6) is 0. The standard InChI is InChI=1S/C14H18N2O/c1-9-7-12(8-15-10(9)2)14-6-4-5-13(16-14)11(3)17/h4,6-8,11,13,17H,5H2,1-3H3. The summed E-state index contributed by atoms with van der Waals surface area (Å²) in [7, 11) is 0. The maximum atomic E-state index is 9.58. The first-order valence-corrected chi connectivity index (χ1v) is 5.94. The van der Waals surface area contributed by atoms with Gasteiger partial charge in [0.1, 0.15) is 0 Å². The van der Waals surface area contributed by atoms with E-state index < -0.39 is 6.10 Å². The molecule has 2 rings (SSSR count). The predicted molar refractivity (Wildman–Crippen MR) is 69.5 cm³/mol. The van der Waals surface area contributed by atoms with Crippen LogP contribution in [0, 0.1) is 13.8 Å². The topological polar surface area (TPSA) is 45.5 Å². The van der Waals surface area contributed by atoms with E-state index >= 15 is 0 Å². The Bertz CT molecular complexity index is 475. The van der Waals surface area contributed by atoms with Gasteiger partial charge in [0, 0.05) is 17.5 Å². The van der Waals surface area contributed by atoms with E-state index in [0.717, 1.165) is 29.0 Å². The summed E-state index contributed by atoms with van der Waals surface area (Å²) in [6.07, 6.45) is 6.31. The largest absolute Gasteiger partial charge is 0.391 e. The summed E-state index contributed by atoms with van der Waals surface area (Å²) in [6.45, 7) is 5.82. The van der Waals surface area contributed by atoms with Crippen molar-refractivity contribution in [2.24, 2.45) is 4.99 Å². The van der Waals surface area contributed by atoms with Crippen molar-refractivity contribution in [3.8, 4) is 0 Å². The quantitative estimate of drug-likeness (QED) is 0.846. The minimum absolute atomic E-state index is 0.0309. The lowest BCUT2D eigenvalue weighted by atomic mass is 10.0. The molecule has 0 aliphatic carbocycles. The van der Waals surface area contributed by atoms with Crippen LogP contribution in [0.1, 0.15) is 30.2 Å². The van der Waals surface area contributed by atoms with Gasteiger partial charge in [-0.2, -0.15) is 0 Å². The van der Waals surface area contributed by atoms with Crippen LogP contribution < -0.4 is 0 Å². The van der Waals surface area contributed by atoms with Gasteiger partial charge in [-0.15, -0.1) is 0 Å². The fraction of sp³-hybridized carbons (Fsp3) is 0.429. The number of pyridine rings is 1. The minimum Gasteiger partial charge on any atom is -0.391 e. The molecule has 0 fully saturated rings. The zero-order valence-corrected chi connectivity index (χ0v) is 10.5. The zero-order valence-electron chi connectivity index (χ0n) is 10.5. The van der Waals surface area contributed by atoms with Gasteiger partial charge in [-0.05, 0) is 44.9 Å². The van der Waals surface area contributed by atoms with Gasteiger partial charge >= 0.3 is 0 Å². The Balaban J connectivity index is 2.33. The first-order chi connectivity index (χ1) is 8.08. The normalized spacial score (nSPS) is 21.2. The highest BCUT2D eigenvalue weighted by Crippen LogP contribution is 2.16. The van der Waals surface area contributed by atoms with Crippen molar-refractivity contribution in [3.05, 3.63) is 41.2 Å². The summed E-state index contributed by atoms with van der Waals surface area (Å²) >= 11 is 0. The van der Waals surface area contributed by atoms with E-state index in [1.807, 2.05) is 26.1 Å². The third-order valence-corrected chi connectivity index (χ3v) is 3.15. The number of nitrogens with zero attached hydrogens (tertiary/aromatic N) is 2.